The van der Waals surface area contributed by atoms with Gasteiger partial charge in [0.15, 0.2) is 11.5 Å². The highest BCUT2D eigenvalue weighted by molar-refractivity contribution is 6.26. The van der Waals surface area contributed by atoms with Crippen LogP contribution in [0.3, 0.4) is 0 Å². The number of hydrogen-bond donors (Lipinski definition) is 0. The highest BCUT2D eigenvalue weighted by Gasteiger charge is 2.35. The Morgan fingerprint density at radius 2 is 1.67 bits per heavy atom. The van der Waals surface area contributed by atoms with E-state index in [1.54, 1.807) is 31.2 Å². The fourth-order valence-corrected chi connectivity index (χ4v) is 2.06. The molecule has 0 fully saturated rings. The van der Waals surface area contributed by atoms with Crippen LogP contribution in [-0.4, -0.2) is 25.0 Å². The molecule has 0 aromatic heterocycles. The molecule has 0 saturated carbocycles. The Bertz CT molecular complexity index is 569. The third kappa shape index (κ3) is 1.66. The molecule has 0 amide bonds. The third-order valence-electron chi connectivity index (χ3n) is 2.98. The number of ether oxygens (including phenoxy) is 1. The molecule has 1 aromatic rings. The van der Waals surface area contributed by atoms with Gasteiger partial charge >= 0.3 is 0 Å². The largest absolute Gasteiger partial charge is 0.492 e. The van der Waals surface area contributed by atoms with Gasteiger partial charge in [0.25, 0.3) is 0 Å². The lowest BCUT2D eigenvalue weighted by atomic mass is 9.83. The predicted molar refractivity (Wildman–Crippen MR) is 64.4 cm³/mol. The minimum absolute atomic E-state index is 0.0294. The number of fused-ring (bicyclic) bond motifs is 1. The number of hydrogen-bond acceptors (Lipinski definition) is 4. The first kappa shape index (κ1) is 12.2. The number of methoxy groups -OCH3 is 1. The van der Waals surface area contributed by atoms with Crippen LogP contribution in [0, 0.1) is 5.92 Å². The van der Waals surface area contributed by atoms with Crippen LogP contribution in [0.4, 0.5) is 0 Å². The molecule has 0 N–H and O–H groups in total. The van der Waals surface area contributed by atoms with Crippen LogP contribution in [0.2, 0.25) is 0 Å². The van der Waals surface area contributed by atoms with Gasteiger partial charge in [-0.25, -0.2) is 0 Å². The van der Waals surface area contributed by atoms with Crippen molar-refractivity contribution in [2.24, 2.45) is 5.92 Å². The molecule has 1 aliphatic rings. The molecule has 0 heterocycles. The summed E-state index contributed by atoms with van der Waals surface area (Å²) < 4.78 is 5.02. The molecule has 2 rings (SSSR count). The second-order valence-electron chi connectivity index (χ2n) is 4.08. The van der Waals surface area contributed by atoms with Gasteiger partial charge in [-0.3, -0.25) is 9.59 Å². The van der Waals surface area contributed by atoms with Crippen molar-refractivity contribution in [2.75, 3.05) is 7.11 Å². The number of carbonyl (C=O) groups is 3. The Morgan fingerprint density at radius 1 is 1.11 bits per heavy atom. The summed E-state index contributed by atoms with van der Waals surface area (Å²) in [6.45, 7) is 1.57. The van der Waals surface area contributed by atoms with Gasteiger partial charge in [0.1, 0.15) is 6.29 Å². The molecule has 0 saturated heterocycles. The summed E-state index contributed by atoms with van der Waals surface area (Å²) >= 11 is 0. The topological polar surface area (TPSA) is 60.4 Å². The first-order valence-corrected chi connectivity index (χ1v) is 5.53. The molecule has 4 nitrogen and oxygen atoms in total. The van der Waals surface area contributed by atoms with Crippen LogP contribution >= 0.6 is 0 Å². The second kappa shape index (κ2) is 4.56. The van der Waals surface area contributed by atoms with Crippen LogP contribution < -0.4 is 0 Å². The zero-order chi connectivity index (χ0) is 13.3. The molecule has 0 aliphatic heterocycles. The van der Waals surface area contributed by atoms with Crippen LogP contribution in [0.15, 0.2) is 35.6 Å². The lowest BCUT2D eigenvalue weighted by Gasteiger charge is -2.21. The smallest absolute Gasteiger partial charge is 0.228 e. The zero-order valence-electron chi connectivity index (χ0n) is 10.1. The summed E-state index contributed by atoms with van der Waals surface area (Å²) in [5.41, 5.74) is 0.782. The van der Waals surface area contributed by atoms with E-state index in [0.29, 0.717) is 17.4 Å². The van der Waals surface area contributed by atoms with Crippen LogP contribution in [0.25, 0.3) is 0 Å². The van der Waals surface area contributed by atoms with Crippen molar-refractivity contribution < 1.29 is 19.1 Å². The van der Waals surface area contributed by atoms with Crippen molar-refractivity contribution in [3.63, 3.8) is 0 Å². The fourth-order valence-electron chi connectivity index (χ4n) is 2.06. The maximum absolute atomic E-state index is 12.3. The molecular formula is C14H12O4. The second-order valence-corrected chi connectivity index (χ2v) is 4.08. The SMILES string of the molecule is COC1=C(C(C)C=O)C(=O)c2ccccc2C1=O. The molecule has 1 atom stereocenters. The summed E-state index contributed by atoms with van der Waals surface area (Å²) in [7, 11) is 1.33. The number of Topliss-reactive ketones (excluding diaryl/α,β-unsaturated/α-hetero) is 2. The average molecular weight is 244 g/mol. The number of aldehydes is 1. The van der Waals surface area contributed by atoms with E-state index in [4.69, 9.17) is 4.74 Å². The van der Waals surface area contributed by atoms with Gasteiger partial charge in [0.2, 0.25) is 5.78 Å². The fraction of sp³-hybridized carbons (Fsp3) is 0.214. The number of carbonyl (C=O) groups excluding carboxylic acids is 3. The number of rotatable bonds is 3. The monoisotopic (exact) mass is 244 g/mol. The quantitative estimate of drug-likeness (QED) is 0.761. The molecule has 4 heteroatoms. The van der Waals surface area contributed by atoms with Gasteiger partial charge in [-0.2, -0.15) is 0 Å². The minimum atomic E-state index is -0.662. The van der Waals surface area contributed by atoms with Crippen LogP contribution in [0.1, 0.15) is 27.6 Å². The Balaban J connectivity index is 2.68. The van der Waals surface area contributed by atoms with E-state index < -0.39 is 5.92 Å². The Kier molecular flexibility index (Phi) is 3.10. The lowest BCUT2D eigenvalue weighted by Crippen LogP contribution is -2.26. The molecule has 0 spiro atoms. The molecule has 18 heavy (non-hydrogen) atoms. The Hall–Kier alpha value is -2.23. The standard InChI is InChI=1S/C14H12O4/c1-8(7-15)11-12(16)9-5-3-4-6-10(9)13(17)14(11)18-2/h3-8H,1-2H3. The zero-order valence-corrected chi connectivity index (χ0v) is 10.1. The van der Waals surface area contributed by atoms with Crippen molar-refractivity contribution >= 4 is 17.9 Å². The predicted octanol–water partition coefficient (Wildman–Crippen LogP) is 1.80. The summed E-state index contributed by atoms with van der Waals surface area (Å²) in [6, 6.07) is 6.53. The minimum Gasteiger partial charge on any atom is -0.492 e. The summed E-state index contributed by atoms with van der Waals surface area (Å²) in [5.74, 6) is -1.36. The van der Waals surface area contributed by atoms with Crippen LogP contribution in [-0.2, 0) is 9.53 Å². The summed E-state index contributed by atoms with van der Waals surface area (Å²) in [4.78, 5) is 35.3. The van der Waals surface area contributed by atoms with Crippen molar-refractivity contribution in [1.82, 2.24) is 0 Å². The Morgan fingerprint density at radius 3 is 2.17 bits per heavy atom. The van der Waals surface area contributed by atoms with Gasteiger partial charge in [-0.05, 0) is 0 Å². The van der Waals surface area contributed by atoms with Crippen LogP contribution in [0.5, 0.6) is 0 Å². The Labute approximate surface area is 104 Å². The molecular weight excluding hydrogens is 232 g/mol. The van der Waals surface area contributed by atoms with E-state index in [2.05, 4.69) is 0 Å². The maximum Gasteiger partial charge on any atom is 0.228 e. The van der Waals surface area contributed by atoms with E-state index in [1.165, 1.54) is 7.11 Å². The normalized spacial score (nSPS) is 16.3. The lowest BCUT2D eigenvalue weighted by molar-refractivity contribution is -0.109. The average Bonchev–Trinajstić information content (AvgIpc) is 2.41. The molecule has 0 radical (unpaired) electrons. The number of ketones is 2. The molecule has 1 aromatic carbocycles. The van der Waals surface area contributed by atoms with E-state index in [0.717, 1.165) is 0 Å². The van der Waals surface area contributed by atoms with Gasteiger partial charge in [-0.15, -0.1) is 0 Å². The first-order valence-electron chi connectivity index (χ1n) is 5.53. The summed E-state index contributed by atoms with van der Waals surface area (Å²) in [5, 5.41) is 0. The first-order chi connectivity index (χ1) is 8.61. The number of allylic oxidation sites excluding steroid dienone is 2. The highest BCUT2D eigenvalue weighted by Crippen LogP contribution is 2.30. The van der Waals surface area contributed by atoms with Gasteiger partial charge in [-0.1, -0.05) is 31.2 Å². The van der Waals surface area contributed by atoms with Gasteiger partial charge in [0, 0.05) is 17.0 Å². The molecule has 1 aliphatic carbocycles. The van der Waals surface area contributed by atoms with Crippen molar-refractivity contribution in [1.29, 1.82) is 0 Å². The molecule has 1 unspecified atom stereocenters. The van der Waals surface area contributed by atoms with E-state index in [1.807, 2.05) is 0 Å². The van der Waals surface area contributed by atoms with Crippen molar-refractivity contribution in [3.8, 4) is 0 Å². The van der Waals surface area contributed by atoms with E-state index in [-0.39, 0.29) is 22.9 Å². The van der Waals surface area contributed by atoms with Gasteiger partial charge in [0.05, 0.1) is 12.7 Å². The van der Waals surface area contributed by atoms with E-state index in [9.17, 15) is 14.4 Å². The summed E-state index contributed by atoms with van der Waals surface area (Å²) in [6.07, 6.45) is 0.632. The number of benzene rings is 1. The molecule has 92 valence electrons. The third-order valence-corrected chi connectivity index (χ3v) is 2.98. The van der Waals surface area contributed by atoms with Gasteiger partial charge < -0.3 is 9.53 Å². The van der Waals surface area contributed by atoms with Crippen molar-refractivity contribution in [2.45, 2.75) is 6.92 Å². The maximum atomic E-state index is 12.3. The molecule has 0 bridgehead atoms. The highest BCUT2D eigenvalue weighted by atomic mass is 16.5. The van der Waals surface area contributed by atoms with Crippen molar-refractivity contribution in [3.05, 3.63) is 46.7 Å². The van der Waals surface area contributed by atoms with E-state index >= 15 is 0 Å².